The number of fused-ring (bicyclic) bond motifs is 3. The van der Waals surface area contributed by atoms with Gasteiger partial charge >= 0.3 is 0 Å². The van der Waals surface area contributed by atoms with E-state index in [1.54, 1.807) is 12.1 Å². The largest absolute Gasteiger partial charge is 0.377 e. The number of nitro benzene ring substituents is 1. The summed E-state index contributed by atoms with van der Waals surface area (Å²) in [5.41, 5.74) is 5.09. The van der Waals surface area contributed by atoms with Crippen LogP contribution in [0.1, 0.15) is 35.1 Å². The van der Waals surface area contributed by atoms with Gasteiger partial charge in [-0.25, -0.2) is 0 Å². The SMILES string of the molecule is Cc1cc(I)cc2c1N[C@H](c1ccc([N+](=O)[O-])cc1)[C@@H]1CC=C[C@@H]21. The third-order valence-corrected chi connectivity index (χ3v) is 5.72. The molecule has 4 nitrogen and oxygen atoms in total. The lowest BCUT2D eigenvalue weighted by molar-refractivity contribution is -0.384. The Bertz CT molecular complexity index is 845. The van der Waals surface area contributed by atoms with Crippen molar-refractivity contribution in [2.45, 2.75) is 25.3 Å². The summed E-state index contributed by atoms with van der Waals surface area (Å²) in [5.74, 6) is 0.867. The van der Waals surface area contributed by atoms with Gasteiger partial charge in [-0.05, 0) is 70.7 Å². The Morgan fingerprint density at radius 3 is 2.71 bits per heavy atom. The van der Waals surface area contributed by atoms with Crippen molar-refractivity contribution in [3.8, 4) is 0 Å². The van der Waals surface area contributed by atoms with E-state index >= 15 is 0 Å². The maximum absolute atomic E-state index is 10.9. The van der Waals surface area contributed by atoms with Gasteiger partial charge in [0.1, 0.15) is 0 Å². The summed E-state index contributed by atoms with van der Waals surface area (Å²) in [6.45, 7) is 2.14. The monoisotopic (exact) mass is 432 g/mol. The predicted octanol–water partition coefficient (Wildman–Crippen LogP) is 5.33. The molecule has 1 aliphatic heterocycles. The second-order valence-electron chi connectivity index (χ2n) is 6.51. The lowest BCUT2D eigenvalue weighted by Crippen LogP contribution is -2.29. The summed E-state index contributed by atoms with van der Waals surface area (Å²) >= 11 is 2.38. The van der Waals surface area contributed by atoms with Gasteiger partial charge in [0.15, 0.2) is 0 Å². The molecule has 0 bridgehead atoms. The molecule has 0 radical (unpaired) electrons. The van der Waals surface area contributed by atoms with Crippen LogP contribution in [0.4, 0.5) is 11.4 Å². The molecule has 2 aliphatic rings. The van der Waals surface area contributed by atoms with Gasteiger partial charge < -0.3 is 5.32 Å². The normalized spacial score (nSPS) is 24.2. The number of anilines is 1. The molecule has 0 amide bonds. The number of non-ortho nitro benzene ring substituents is 1. The van der Waals surface area contributed by atoms with Crippen LogP contribution in [0.5, 0.6) is 0 Å². The minimum absolute atomic E-state index is 0.141. The van der Waals surface area contributed by atoms with E-state index < -0.39 is 0 Å². The number of benzene rings is 2. The Kier molecular flexibility index (Phi) is 3.83. The zero-order valence-electron chi connectivity index (χ0n) is 13.2. The molecule has 1 heterocycles. The van der Waals surface area contributed by atoms with E-state index in [4.69, 9.17) is 0 Å². The summed E-state index contributed by atoms with van der Waals surface area (Å²) in [7, 11) is 0. The third kappa shape index (κ3) is 2.51. The van der Waals surface area contributed by atoms with Crippen LogP contribution in [-0.4, -0.2) is 4.92 Å². The van der Waals surface area contributed by atoms with Gasteiger partial charge in [-0.1, -0.05) is 24.3 Å². The van der Waals surface area contributed by atoms with E-state index in [9.17, 15) is 10.1 Å². The number of allylic oxidation sites excluding steroid dienone is 2. The van der Waals surface area contributed by atoms with E-state index in [2.05, 4.69) is 59.1 Å². The quantitative estimate of drug-likeness (QED) is 0.302. The van der Waals surface area contributed by atoms with Crippen LogP contribution in [0, 0.1) is 26.5 Å². The number of hydrogen-bond donors (Lipinski definition) is 1. The molecule has 3 atom stereocenters. The summed E-state index contributed by atoms with van der Waals surface area (Å²) in [4.78, 5) is 10.5. The number of nitrogens with one attached hydrogen (secondary N) is 1. The Morgan fingerprint density at radius 1 is 1.25 bits per heavy atom. The molecule has 5 heteroatoms. The molecule has 0 unspecified atom stereocenters. The van der Waals surface area contributed by atoms with E-state index in [-0.39, 0.29) is 16.7 Å². The van der Waals surface area contributed by atoms with Crippen LogP contribution in [0.15, 0.2) is 48.6 Å². The van der Waals surface area contributed by atoms with Crippen molar-refractivity contribution in [2.24, 2.45) is 5.92 Å². The van der Waals surface area contributed by atoms with Gasteiger partial charge in [0, 0.05) is 27.3 Å². The first-order valence-corrected chi connectivity index (χ1v) is 9.10. The summed E-state index contributed by atoms with van der Waals surface area (Å²) in [5, 5.41) is 14.6. The van der Waals surface area contributed by atoms with Crippen LogP contribution in [0.2, 0.25) is 0 Å². The van der Waals surface area contributed by atoms with Crippen molar-refractivity contribution in [2.75, 3.05) is 5.32 Å². The van der Waals surface area contributed by atoms with Crippen molar-refractivity contribution in [3.05, 3.63) is 78.9 Å². The second kappa shape index (κ2) is 5.88. The molecule has 0 aromatic heterocycles. The van der Waals surface area contributed by atoms with Gasteiger partial charge in [-0.3, -0.25) is 10.1 Å². The number of nitro groups is 1. The van der Waals surface area contributed by atoms with Gasteiger partial charge in [-0.15, -0.1) is 0 Å². The Morgan fingerprint density at radius 2 is 2.00 bits per heavy atom. The zero-order chi connectivity index (χ0) is 16.8. The molecule has 0 saturated carbocycles. The highest BCUT2D eigenvalue weighted by Crippen LogP contribution is 2.51. The highest BCUT2D eigenvalue weighted by atomic mass is 127. The highest BCUT2D eigenvalue weighted by molar-refractivity contribution is 14.1. The third-order valence-electron chi connectivity index (χ3n) is 5.09. The van der Waals surface area contributed by atoms with Crippen molar-refractivity contribution < 1.29 is 4.92 Å². The zero-order valence-corrected chi connectivity index (χ0v) is 15.4. The van der Waals surface area contributed by atoms with Gasteiger partial charge in [-0.2, -0.15) is 0 Å². The molecule has 122 valence electrons. The first-order chi connectivity index (χ1) is 11.5. The van der Waals surface area contributed by atoms with Crippen LogP contribution < -0.4 is 5.32 Å². The molecule has 1 aliphatic carbocycles. The average Bonchev–Trinajstić information content (AvgIpc) is 3.04. The topological polar surface area (TPSA) is 55.2 Å². The minimum atomic E-state index is -0.348. The lowest BCUT2D eigenvalue weighted by atomic mass is 9.76. The molecule has 24 heavy (non-hydrogen) atoms. The van der Waals surface area contributed by atoms with Crippen molar-refractivity contribution in [1.82, 2.24) is 0 Å². The van der Waals surface area contributed by atoms with Crippen LogP contribution in [-0.2, 0) is 0 Å². The Labute approximate surface area is 154 Å². The smallest absolute Gasteiger partial charge is 0.269 e. The predicted molar refractivity (Wildman–Crippen MR) is 103 cm³/mol. The first kappa shape index (κ1) is 15.6. The fourth-order valence-electron chi connectivity index (χ4n) is 3.97. The molecular weight excluding hydrogens is 415 g/mol. The van der Waals surface area contributed by atoms with Crippen LogP contribution >= 0.6 is 22.6 Å². The maximum Gasteiger partial charge on any atom is 0.269 e. The fourth-order valence-corrected chi connectivity index (χ4v) is 4.78. The number of halogens is 1. The molecular formula is C19H17IN2O2. The standard InChI is InChI=1S/C19H17IN2O2/c1-11-9-13(20)10-17-15-3-2-4-16(15)19(21-18(11)17)12-5-7-14(8-6-12)22(23)24/h2-3,5-10,15-16,19,21H,4H2,1H3/t15-,16-,19-/m1/s1. The van der Waals surface area contributed by atoms with Crippen LogP contribution in [0.25, 0.3) is 0 Å². The highest BCUT2D eigenvalue weighted by Gasteiger charge is 2.38. The number of nitrogens with zero attached hydrogens (tertiary/aromatic N) is 1. The Hall–Kier alpha value is -1.89. The van der Waals surface area contributed by atoms with Crippen molar-refractivity contribution in [3.63, 3.8) is 0 Å². The van der Waals surface area contributed by atoms with Crippen LogP contribution in [0.3, 0.4) is 0 Å². The summed E-state index contributed by atoms with van der Waals surface area (Å²) in [6, 6.07) is 11.6. The second-order valence-corrected chi connectivity index (χ2v) is 7.76. The van der Waals surface area contributed by atoms with E-state index in [0.29, 0.717) is 11.8 Å². The van der Waals surface area contributed by atoms with E-state index in [1.807, 2.05) is 12.1 Å². The molecule has 0 spiro atoms. The van der Waals surface area contributed by atoms with E-state index in [0.717, 1.165) is 12.0 Å². The van der Waals surface area contributed by atoms with Gasteiger partial charge in [0.05, 0.1) is 11.0 Å². The van der Waals surface area contributed by atoms with Gasteiger partial charge in [0.25, 0.3) is 5.69 Å². The number of hydrogen-bond acceptors (Lipinski definition) is 3. The minimum Gasteiger partial charge on any atom is -0.377 e. The number of rotatable bonds is 2. The maximum atomic E-state index is 10.9. The fraction of sp³-hybridized carbons (Fsp3) is 0.263. The molecule has 2 aromatic carbocycles. The summed E-state index contributed by atoms with van der Waals surface area (Å²) in [6.07, 6.45) is 5.61. The van der Waals surface area contributed by atoms with Gasteiger partial charge in [0.2, 0.25) is 0 Å². The van der Waals surface area contributed by atoms with Crippen molar-refractivity contribution >= 4 is 34.0 Å². The molecule has 4 rings (SSSR count). The number of aryl methyl sites for hydroxylation is 1. The molecule has 1 N–H and O–H groups in total. The first-order valence-electron chi connectivity index (χ1n) is 8.02. The van der Waals surface area contributed by atoms with E-state index in [1.165, 1.54) is 20.4 Å². The molecule has 0 saturated heterocycles. The average molecular weight is 432 g/mol. The molecule has 2 aromatic rings. The molecule has 0 fully saturated rings. The lowest BCUT2D eigenvalue weighted by Gasteiger charge is -2.38. The Balaban J connectivity index is 1.76. The van der Waals surface area contributed by atoms with Crippen molar-refractivity contribution in [1.29, 1.82) is 0 Å². The summed E-state index contributed by atoms with van der Waals surface area (Å²) < 4.78 is 1.26.